The van der Waals surface area contributed by atoms with Crippen LogP contribution in [-0.4, -0.2) is 5.54 Å². The first-order valence-electron chi connectivity index (χ1n) is 5.04. The molecule has 1 nitrogen and oxygen atoms in total. The van der Waals surface area contributed by atoms with E-state index in [-0.39, 0.29) is 12.4 Å². The van der Waals surface area contributed by atoms with Crippen LogP contribution in [0.5, 0.6) is 0 Å². The Morgan fingerprint density at radius 2 is 1.08 bits per heavy atom. The van der Waals surface area contributed by atoms with E-state index in [9.17, 15) is 0 Å². The Balaban J connectivity index is 0. The fraction of sp³-hybridized carbons (Fsp3) is 1.00. The Morgan fingerprint density at radius 3 is 1.25 bits per heavy atom. The molecule has 0 aliphatic carbocycles. The number of hydrogen-bond donors (Lipinski definition) is 1. The molecule has 0 spiro atoms. The molecule has 0 atom stereocenters. The minimum Gasteiger partial charge on any atom is -1.00 e. The van der Waals surface area contributed by atoms with E-state index < -0.39 is 0 Å². The monoisotopic (exact) mass is 193 g/mol. The van der Waals surface area contributed by atoms with Crippen LogP contribution in [0.2, 0.25) is 0 Å². The molecule has 0 aromatic rings. The largest absolute Gasteiger partial charge is 1.00 e. The molecule has 0 saturated heterocycles. The van der Waals surface area contributed by atoms with Gasteiger partial charge in [-0.25, -0.2) is 0 Å². The standard InChI is InChI=1S/C10H23N.ClH/c1-4-7-10(11,8-5-2)9-6-3;/h4-9,11H2,1-3H3;1H. The van der Waals surface area contributed by atoms with Crippen LogP contribution in [0.3, 0.4) is 0 Å². The van der Waals surface area contributed by atoms with Gasteiger partial charge in [0.25, 0.3) is 0 Å². The molecule has 0 aromatic carbocycles. The molecule has 0 saturated carbocycles. The second-order valence-corrected chi connectivity index (χ2v) is 3.75. The van der Waals surface area contributed by atoms with Crippen LogP contribution >= 0.6 is 0 Å². The molecular formula is C10H24ClN. The van der Waals surface area contributed by atoms with Gasteiger partial charge in [0.15, 0.2) is 0 Å². The lowest BCUT2D eigenvalue weighted by molar-refractivity contribution is -0.483. The van der Waals surface area contributed by atoms with Crippen molar-refractivity contribution in [1.29, 1.82) is 0 Å². The number of halogens is 1. The number of rotatable bonds is 6. The van der Waals surface area contributed by atoms with Crippen LogP contribution < -0.4 is 18.1 Å². The highest BCUT2D eigenvalue weighted by Gasteiger charge is 2.25. The van der Waals surface area contributed by atoms with Crippen molar-refractivity contribution in [3.8, 4) is 0 Å². The Labute approximate surface area is 83.5 Å². The Bertz CT molecular complexity index is 76.8. The van der Waals surface area contributed by atoms with Gasteiger partial charge >= 0.3 is 0 Å². The zero-order valence-electron chi connectivity index (χ0n) is 8.83. The summed E-state index contributed by atoms with van der Waals surface area (Å²) in [4.78, 5) is 0. The van der Waals surface area contributed by atoms with Gasteiger partial charge in [-0.1, -0.05) is 40.0 Å². The molecule has 0 fully saturated rings. The normalized spacial score (nSPS) is 11.0. The molecule has 0 bridgehead atoms. The third-order valence-electron chi connectivity index (χ3n) is 2.34. The minimum absolute atomic E-state index is 0. The molecule has 0 heterocycles. The van der Waals surface area contributed by atoms with Gasteiger partial charge in [0, 0.05) is 19.3 Å². The van der Waals surface area contributed by atoms with Crippen molar-refractivity contribution < 1.29 is 18.1 Å². The van der Waals surface area contributed by atoms with Crippen molar-refractivity contribution in [3.05, 3.63) is 0 Å². The number of quaternary nitrogens is 1. The van der Waals surface area contributed by atoms with Gasteiger partial charge in [0.1, 0.15) is 0 Å². The fourth-order valence-corrected chi connectivity index (χ4v) is 1.97. The van der Waals surface area contributed by atoms with Crippen LogP contribution in [0.4, 0.5) is 0 Å². The van der Waals surface area contributed by atoms with Crippen LogP contribution in [0.15, 0.2) is 0 Å². The second kappa shape index (κ2) is 7.88. The molecule has 3 N–H and O–H groups in total. The zero-order valence-corrected chi connectivity index (χ0v) is 9.58. The van der Waals surface area contributed by atoms with Gasteiger partial charge in [0.2, 0.25) is 0 Å². The molecule has 12 heavy (non-hydrogen) atoms. The van der Waals surface area contributed by atoms with E-state index in [2.05, 4.69) is 26.5 Å². The van der Waals surface area contributed by atoms with Gasteiger partial charge in [-0.3, -0.25) is 0 Å². The number of hydrogen-bond acceptors (Lipinski definition) is 0. The highest BCUT2D eigenvalue weighted by Crippen LogP contribution is 2.19. The van der Waals surface area contributed by atoms with E-state index in [1.807, 2.05) is 0 Å². The molecule has 0 amide bonds. The molecule has 0 aliphatic heterocycles. The maximum Gasteiger partial charge on any atom is 0.0945 e. The van der Waals surface area contributed by atoms with E-state index in [1.165, 1.54) is 38.5 Å². The van der Waals surface area contributed by atoms with Crippen LogP contribution in [-0.2, 0) is 0 Å². The highest BCUT2D eigenvalue weighted by molar-refractivity contribution is 4.74. The summed E-state index contributed by atoms with van der Waals surface area (Å²) in [6.07, 6.45) is 7.74. The molecular weight excluding hydrogens is 170 g/mol. The summed E-state index contributed by atoms with van der Waals surface area (Å²) < 4.78 is 0. The summed E-state index contributed by atoms with van der Waals surface area (Å²) in [6, 6.07) is 0. The maximum absolute atomic E-state index is 4.34. The molecule has 0 radical (unpaired) electrons. The summed E-state index contributed by atoms with van der Waals surface area (Å²) in [6.45, 7) is 6.77. The maximum atomic E-state index is 4.34. The van der Waals surface area contributed by atoms with Gasteiger partial charge in [-0.05, 0) is 0 Å². The zero-order chi connectivity index (χ0) is 8.74. The first-order valence-corrected chi connectivity index (χ1v) is 5.04. The smallest absolute Gasteiger partial charge is 0.0945 e. The Kier molecular flexibility index (Phi) is 9.69. The van der Waals surface area contributed by atoms with Crippen LogP contribution in [0.25, 0.3) is 0 Å². The molecule has 0 rings (SSSR count). The van der Waals surface area contributed by atoms with Crippen molar-refractivity contribution in [1.82, 2.24) is 0 Å². The SMILES string of the molecule is CCCC([NH3+])(CCC)CCC.[Cl-]. The predicted molar refractivity (Wildman–Crippen MR) is 50.3 cm³/mol. The van der Waals surface area contributed by atoms with E-state index >= 15 is 0 Å². The molecule has 0 aromatic heterocycles. The summed E-state index contributed by atoms with van der Waals surface area (Å²) in [5.74, 6) is 0. The fourth-order valence-electron chi connectivity index (χ4n) is 1.97. The molecule has 76 valence electrons. The average Bonchev–Trinajstić information content (AvgIpc) is 1.88. The predicted octanol–water partition coefficient (Wildman–Crippen LogP) is -0.629. The van der Waals surface area contributed by atoms with Crippen LogP contribution in [0, 0.1) is 0 Å². The van der Waals surface area contributed by atoms with Crippen molar-refractivity contribution in [2.24, 2.45) is 0 Å². The van der Waals surface area contributed by atoms with Gasteiger partial charge in [-0.15, -0.1) is 0 Å². The van der Waals surface area contributed by atoms with Crippen molar-refractivity contribution in [3.63, 3.8) is 0 Å². The first kappa shape index (κ1) is 14.8. The lowest BCUT2D eigenvalue weighted by Crippen LogP contribution is -3.00. The highest BCUT2D eigenvalue weighted by atomic mass is 35.5. The first-order chi connectivity index (χ1) is 5.18. The second-order valence-electron chi connectivity index (χ2n) is 3.75. The third kappa shape index (κ3) is 5.84. The molecule has 0 unspecified atom stereocenters. The van der Waals surface area contributed by atoms with E-state index in [0.29, 0.717) is 5.54 Å². The van der Waals surface area contributed by atoms with Crippen molar-refractivity contribution >= 4 is 0 Å². The van der Waals surface area contributed by atoms with Gasteiger partial charge < -0.3 is 18.1 Å². The quantitative estimate of drug-likeness (QED) is 0.582. The van der Waals surface area contributed by atoms with Crippen molar-refractivity contribution in [2.75, 3.05) is 0 Å². The van der Waals surface area contributed by atoms with Gasteiger partial charge in [0.05, 0.1) is 5.54 Å². The third-order valence-corrected chi connectivity index (χ3v) is 2.34. The summed E-state index contributed by atoms with van der Waals surface area (Å²) >= 11 is 0. The summed E-state index contributed by atoms with van der Waals surface area (Å²) in [7, 11) is 0. The van der Waals surface area contributed by atoms with Gasteiger partial charge in [-0.2, -0.15) is 0 Å². The Hall–Kier alpha value is 0.250. The van der Waals surface area contributed by atoms with Crippen LogP contribution in [0.1, 0.15) is 59.3 Å². The Morgan fingerprint density at radius 1 is 0.833 bits per heavy atom. The van der Waals surface area contributed by atoms with Crippen molar-refractivity contribution in [2.45, 2.75) is 64.8 Å². The minimum atomic E-state index is 0. The summed E-state index contributed by atoms with van der Waals surface area (Å²) in [5, 5.41) is 0. The average molecular weight is 194 g/mol. The van der Waals surface area contributed by atoms with E-state index in [1.54, 1.807) is 0 Å². The molecule has 2 heteroatoms. The molecule has 0 aliphatic rings. The summed E-state index contributed by atoms with van der Waals surface area (Å²) in [5.41, 5.74) is 4.74. The van der Waals surface area contributed by atoms with E-state index in [0.717, 1.165) is 0 Å². The lowest BCUT2D eigenvalue weighted by atomic mass is 9.86. The topological polar surface area (TPSA) is 27.6 Å². The lowest BCUT2D eigenvalue weighted by Gasteiger charge is -2.24. The van der Waals surface area contributed by atoms with E-state index in [4.69, 9.17) is 0 Å².